The van der Waals surface area contributed by atoms with E-state index in [0.717, 1.165) is 6.42 Å². The molecular formula is C13H17ClN2O3. The third-order valence-corrected chi connectivity index (χ3v) is 2.55. The van der Waals surface area contributed by atoms with E-state index in [1.165, 1.54) is 0 Å². The van der Waals surface area contributed by atoms with Crippen LogP contribution in [-0.2, 0) is 9.59 Å². The van der Waals surface area contributed by atoms with Crippen molar-refractivity contribution in [3.05, 3.63) is 29.3 Å². The summed E-state index contributed by atoms with van der Waals surface area (Å²) in [6.45, 7) is 3.48. The van der Waals surface area contributed by atoms with Gasteiger partial charge in [-0.3, -0.25) is 20.4 Å². The molecule has 19 heavy (non-hydrogen) atoms. The first-order valence-corrected chi connectivity index (χ1v) is 6.41. The van der Waals surface area contributed by atoms with Crippen molar-refractivity contribution in [1.29, 1.82) is 0 Å². The number of amides is 2. The molecule has 0 aliphatic heterocycles. The topological polar surface area (TPSA) is 67.4 Å². The lowest BCUT2D eigenvalue weighted by Crippen LogP contribution is -2.47. The number of ether oxygens (including phenoxy) is 1. The second-order valence-corrected chi connectivity index (χ2v) is 4.44. The molecule has 104 valence electrons. The van der Waals surface area contributed by atoms with Crippen molar-refractivity contribution < 1.29 is 14.3 Å². The van der Waals surface area contributed by atoms with Crippen molar-refractivity contribution in [2.45, 2.75) is 32.8 Å². The van der Waals surface area contributed by atoms with Gasteiger partial charge in [0.05, 0.1) is 0 Å². The van der Waals surface area contributed by atoms with Gasteiger partial charge in [0, 0.05) is 11.4 Å². The first-order chi connectivity index (χ1) is 9.02. The van der Waals surface area contributed by atoms with Gasteiger partial charge < -0.3 is 4.74 Å². The van der Waals surface area contributed by atoms with Gasteiger partial charge in [-0.25, -0.2) is 0 Å². The van der Waals surface area contributed by atoms with E-state index in [4.69, 9.17) is 16.3 Å². The van der Waals surface area contributed by atoms with Crippen LogP contribution in [0.2, 0.25) is 5.02 Å². The highest BCUT2D eigenvalue weighted by Crippen LogP contribution is 2.16. The zero-order chi connectivity index (χ0) is 14.3. The Morgan fingerprint density at radius 3 is 2.47 bits per heavy atom. The fraction of sp³-hybridized carbons (Fsp3) is 0.385. The summed E-state index contributed by atoms with van der Waals surface area (Å²) in [4.78, 5) is 22.8. The third kappa shape index (κ3) is 5.61. The molecule has 0 fully saturated rings. The maximum atomic E-state index is 11.6. The Hall–Kier alpha value is -1.75. The molecule has 5 nitrogen and oxygen atoms in total. The van der Waals surface area contributed by atoms with Crippen LogP contribution >= 0.6 is 11.6 Å². The van der Waals surface area contributed by atoms with Gasteiger partial charge in [0.15, 0.2) is 6.10 Å². The van der Waals surface area contributed by atoms with Crippen LogP contribution in [-0.4, -0.2) is 17.9 Å². The molecule has 0 spiro atoms. The number of halogens is 1. The normalized spacial score (nSPS) is 11.5. The first kappa shape index (κ1) is 15.3. The van der Waals surface area contributed by atoms with E-state index >= 15 is 0 Å². The molecule has 1 aromatic rings. The molecule has 6 heteroatoms. The maximum absolute atomic E-state index is 11.6. The SMILES string of the molecule is CCCC(=O)NNC(=O)C(C)Oc1ccc(Cl)cc1. The molecule has 0 bridgehead atoms. The Kier molecular flexibility index (Phi) is 6.15. The predicted octanol–water partition coefficient (Wildman–Crippen LogP) is 2.05. The summed E-state index contributed by atoms with van der Waals surface area (Å²) in [5.74, 6) is -0.110. The Labute approximate surface area is 117 Å². The highest BCUT2D eigenvalue weighted by Gasteiger charge is 2.15. The summed E-state index contributed by atoms with van der Waals surface area (Å²) < 4.78 is 5.40. The first-order valence-electron chi connectivity index (χ1n) is 6.04. The maximum Gasteiger partial charge on any atom is 0.279 e. The summed E-state index contributed by atoms with van der Waals surface area (Å²) >= 11 is 5.74. The summed E-state index contributed by atoms with van der Waals surface area (Å²) in [5.41, 5.74) is 4.63. The largest absolute Gasteiger partial charge is 0.481 e. The molecule has 0 aliphatic rings. The Morgan fingerprint density at radius 2 is 1.89 bits per heavy atom. The van der Waals surface area contributed by atoms with Crippen LogP contribution in [0.4, 0.5) is 0 Å². The van der Waals surface area contributed by atoms with Gasteiger partial charge in [0.2, 0.25) is 5.91 Å². The van der Waals surface area contributed by atoms with Crippen LogP contribution in [0.15, 0.2) is 24.3 Å². The second-order valence-electron chi connectivity index (χ2n) is 4.00. The quantitative estimate of drug-likeness (QED) is 0.813. The molecular weight excluding hydrogens is 268 g/mol. The molecule has 0 radical (unpaired) electrons. The number of hydrogen-bond acceptors (Lipinski definition) is 3. The van der Waals surface area contributed by atoms with Gasteiger partial charge in [-0.1, -0.05) is 18.5 Å². The van der Waals surface area contributed by atoms with Crippen molar-refractivity contribution >= 4 is 23.4 Å². The Balaban J connectivity index is 2.40. The Bertz CT molecular complexity index is 434. The van der Waals surface area contributed by atoms with Gasteiger partial charge in [-0.05, 0) is 37.6 Å². The van der Waals surface area contributed by atoms with Crippen LogP contribution in [0.1, 0.15) is 26.7 Å². The van der Waals surface area contributed by atoms with E-state index in [0.29, 0.717) is 17.2 Å². The van der Waals surface area contributed by atoms with Crippen molar-refractivity contribution in [2.24, 2.45) is 0 Å². The molecule has 0 heterocycles. The van der Waals surface area contributed by atoms with Crippen LogP contribution in [0.25, 0.3) is 0 Å². The molecule has 2 N–H and O–H groups in total. The van der Waals surface area contributed by atoms with E-state index in [9.17, 15) is 9.59 Å². The second kappa shape index (κ2) is 7.63. The number of carbonyl (C=O) groups excluding carboxylic acids is 2. The van der Waals surface area contributed by atoms with Crippen LogP contribution in [0.5, 0.6) is 5.75 Å². The number of benzene rings is 1. The molecule has 0 aliphatic carbocycles. The van der Waals surface area contributed by atoms with Crippen LogP contribution in [0, 0.1) is 0 Å². The van der Waals surface area contributed by atoms with Crippen LogP contribution in [0.3, 0.4) is 0 Å². The molecule has 2 amide bonds. The summed E-state index contributed by atoms with van der Waals surface area (Å²) in [7, 11) is 0. The molecule has 1 atom stereocenters. The van der Waals surface area contributed by atoms with Gasteiger partial charge >= 0.3 is 0 Å². The van der Waals surface area contributed by atoms with Crippen LogP contribution < -0.4 is 15.6 Å². The molecule has 0 saturated heterocycles. The van der Waals surface area contributed by atoms with Gasteiger partial charge in [-0.15, -0.1) is 0 Å². The Morgan fingerprint density at radius 1 is 1.26 bits per heavy atom. The predicted molar refractivity (Wildman–Crippen MR) is 72.7 cm³/mol. The lowest BCUT2D eigenvalue weighted by Gasteiger charge is -2.15. The fourth-order valence-corrected chi connectivity index (χ4v) is 1.42. The monoisotopic (exact) mass is 284 g/mol. The van der Waals surface area contributed by atoms with E-state index < -0.39 is 12.0 Å². The number of hydrogen-bond donors (Lipinski definition) is 2. The number of hydrazine groups is 1. The smallest absolute Gasteiger partial charge is 0.279 e. The summed E-state index contributed by atoms with van der Waals surface area (Å²) in [6.07, 6.45) is 0.369. The molecule has 1 unspecified atom stereocenters. The van der Waals surface area contributed by atoms with E-state index in [2.05, 4.69) is 10.9 Å². The molecule has 0 saturated carbocycles. The van der Waals surface area contributed by atoms with Crippen molar-refractivity contribution in [3.63, 3.8) is 0 Å². The lowest BCUT2D eigenvalue weighted by molar-refractivity contribution is -0.132. The third-order valence-electron chi connectivity index (χ3n) is 2.30. The lowest BCUT2D eigenvalue weighted by atomic mass is 10.3. The minimum Gasteiger partial charge on any atom is -0.481 e. The highest BCUT2D eigenvalue weighted by atomic mass is 35.5. The summed E-state index contributed by atoms with van der Waals surface area (Å²) in [5, 5.41) is 0.594. The molecule has 0 aromatic heterocycles. The average Bonchev–Trinajstić information content (AvgIpc) is 2.39. The zero-order valence-electron chi connectivity index (χ0n) is 10.9. The molecule has 1 rings (SSSR count). The highest BCUT2D eigenvalue weighted by molar-refractivity contribution is 6.30. The van der Waals surface area contributed by atoms with Gasteiger partial charge in [0.1, 0.15) is 5.75 Å². The minimum absolute atomic E-state index is 0.227. The molecule has 1 aromatic carbocycles. The zero-order valence-corrected chi connectivity index (χ0v) is 11.7. The van der Waals surface area contributed by atoms with E-state index in [1.807, 2.05) is 6.92 Å². The van der Waals surface area contributed by atoms with Crippen molar-refractivity contribution in [1.82, 2.24) is 10.9 Å². The fourth-order valence-electron chi connectivity index (χ4n) is 1.29. The number of carbonyl (C=O) groups is 2. The van der Waals surface area contributed by atoms with E-state index in [1.54, 1.807) is 31.2 Å². The number of nitrogens with one attached hydrogen (secondary N) is 2. The number of rotatable bonds is 5. The van der Waals surface area contributed by atoms with Crippen molar-refractivity contribution in [2.75, 3.05) is 0 Å². The summed E-state index contributed by atoms with van der Waals surface area (Å²) in [6, 6.07) is 6.68. The minimum atomic E-state index is -0.719. The standard InChI is InChI=1S/C13H17ClN2O3/c1-3-4-12(17)15-16-13(18)9(2)19-11-7-5-10(14)6-8-11/h5-9H,3-4H2,1-2H3,(H,15,17)(H,16,18). The van der Waals surface area contributed by atoms with E-state index in [-0.39, 0.29) is 5.91 Å². The van der Waals surface area contributed by atoms with Gasteiger partial charge in [-0.2, -0.15) is 0 Å². The van der Waals surface area contributed by atoms with Gasteiger partial charge in [0.25, 0.3) is 5.91 Å². The average molecular weight is 285 g/mol. The van der Waals surface area contributed by atoms with Crippen molar-refractivity contribution in [3.8, 4) is 5.75 Å².